The number of hydrogen-bond donors (Lipinski definition) is 0. The van der Waals surface area contributed by atoms with Gasteiger partial charge in [-0.05, 0) is 60.9 Å². The van der Waals surface area contributed by atoms with E-state index in [1.807, 2.05) is 6.92 Å². The van der Waals surface area contributed by atoms with E-state index in [9.17, 15) is 9.18 Å². The van der Waals surface area contributed by atoms with Crippen molar-refractivity contribution in [1.82, 2.24) is 9.88 Å². The normalized spacial score (nSPS) is 16.2. The van der Waals surface area contributed by atoms with Gasteiger partial charge in [-0.25, -0.2) is 9.18 Å². The van der Waals surface area contributed by atoms with Crippen LogP contribution in [0.15, 0.2) is 59.9 Å². The molecule has 2 aliphatic rings. The number of carbonyl (C=O) groups is 1. The lowest BCUT2D eigenvalue weighted by molar-refractivity contribution is -0.0627. The quantitative estimate of drug-likeness (QED) is 0.280. The summed E-state index contributed by atoms with van der Waals surface area (Å²) in [7, 11) is 1.35. The number of likely N-dealkylation sites (tertiary alicyclic amines) is 1. The summed E-state index contributed by atoms with van der Waals surface area (Å²) < 4.78 is 30.7. The minimum absolute atomic E-state index is 0.279. The molecule has 3 heterocycles. The number of esters is 1. The summed E-state index contributed by atoms with van der Waals surface area (Å²) in [6.07, 6.45) is 4.74. The van der Waals surface area contributed by atoms with Crippen LogP contribution in [-0.2, 0) is 16.1 Å². The molecule has 9 heteroatoms. The first-order chi connectivity index (χ1) is 19.9. The van der Waals surface area contributed by atoms with Crippen LogP contribution < -0.4 is 9.47 Å². The van der Waals surface area contributed by atoms with Gasteiger partial charge in [0.1, 0.15) is 28.6 Å². The van der Waals surface area contributed by atoms with Crippen molar-refractivity contribution in [3.8, 4) is 22.6 Å². The Kier molecular flexibility index (Phi) is 8.83. The maximum Gasteiger partial charge on any atom is 0.339 e. The number of pyridine rings is 1. The summed E-state index contributed by atoms with van der Waals surface area (Å²) >= 11 is 0. The van der Waals surface area contributed by atoms with E-state index in [0.29, 0.717) is 30.9 Å². The zero-order chi connectivity index (χ0) is 28.8. The highest BCUT2D eigenvalue weighted by Gasteiger charge is 2.42. The molecule has 2 aromatic carbocycles. The highest BCUT2D eigenvalue weighted by molar-refractivity contribution is 6.00. The molecule has 0 aliphatic carbocycles. The molecule has 0 radical (unpaired) electrons. The Bertz CT molecular complexity index is 1380. The first kappa shape index (κ1) is 28.5. The Morgan fingerprint density at radius 3 is 2.41 bits per heavy atom. The van der Waals surface area contributed by atoms with Crippen molar-refractivity contribution in [2.24, 2.45) is 5.16 Å². The SMILES string of the molecule is CCCOc1cc(CN2CCC3(CC2)CC(c2ccc(C(=O)OC)cn2)=NO3)cc(OCC)c1-c1ccc(F)cc1. The van der Waals surface area contributed by atoms with Gasteiger partial charge >= 0.3 is 5.97 Å². The molecule has 216 valence electrons. The van der Waals surface area contributed by atoms with Gasteiger partial charge in [0.2, 0.25) is 0 Å². The number of benzene rings is 2. The lowest BCUT2D eigenvalue weighted by atomic mass is 9.86. The number of hydrogen-bond acceptors (Lipinski definition) is 8. The van der Waals surface area contributed by atoms with E-state index >= 15 is 0 Å². The predicted molar refractivity (Wildman–Crippen MR) is 154 cm³/mol. The Hall–Kier alpha value is -3.98. The second-order valence-corrected chi connectivity index (χ2v) is 10.4. The van der Waals surface area contributed by atoms with Gasteiger partial charge in [0.05, 0.1) is 37.1 Å². The maximum atomic E-state index is 13.6. The molecule has 0 atom stereocenters. The average molecular weight is 562 g/mol. The second-order valence-electron chi connectivity index (χ2n) is 10.4. The van der Waals surface area contributed by atoms with Gasteiger partial charge in [0.15, 0.2) is 0 Å². The molecule has 0 saturated carbocycles. The van der Waals surface area contributed by atoms with Crippen molar-refractivity contribution in [1.29, 1.82) is 0 Å². The van der Waals surface area contributed by atoms with Crippen LogP contribution in [0.1, 0.15) is 61.1 Å². The number of halogens is 1. The summed E-state index contributed by atoms with van der Waals surface area (Å²) in [4.78, 5) is 24.5. The van der Waals surface area contributed by atoms with Crippen LogP contribution in [0.2, 0.25) is 0 Å². The minimum Gasteiger partial charge on any atom is -0.493 e. The van der Waals surface area contributed by atoms with Gasteiger partial charge in [-0.3, -0.25) is 9.88 Å². The van der Waals surface area contributed by atoms with Crippen molar-refractivity contribution in [2.45, 2.75) is 51.7 Å². The molecule has 3 aromatic rings. The molecule has 1 fully saturated rings. The molecule has 1 saturated heterocycles. The standard InChI is InChI=1S/C32H36FN3O5/c1-4-16-40-29-18-22(17-28(39-5-2)30(29)23-6-9-25(33)10-7-23)21-36-14-12-32(13-15-36)19-27(35-41-32)26-11-8-24(20-34-26)31(37)38-3/h6-11,17-18,20H,4-5,12-16,19,21H2,1-3H3. The molecule has 1 aromatic heterocycles. The lowest BCUT2D eigenvalue weighted by Crippen LogP contribution is -2.44. The van der Waals surface area contributed by atoms with E-state index in [1.165, 1.54) is 25.4 Å². The zero-order valence-electron chi connectivity index (χ0n) is 23.8. The Morgan fingerprint density at radius 1 is 1.05 bits per heavy atom. The van der Waals surface area contributed by atoms with Crippen molar-refractivity contribution < 1.29 is 28.2 Å². The molecule has 1 spiro atoms. The van der Waals surface area contributed by atoms with Crippen LogP contribution >= 0.6 is 0 Å². The van der Waals surface area contributed by atoms with E-state index < -0.39 is 5.97 Å². The highest BCUT2D eigenvalue weighted by Crippen LogP contribution is 2.41. The van der Waals surface area contributed by atoms with Crippen LogP contribution in [-0.4, -0.2) is 60.6 Å². The smallest absolute Gasteiger partial charge is 0.339 e. The number of nitrogens with zero attached hydrogens (tertiary/aromatic N) is 3. The molecule has 0 unspecified atom stereocenters. The van der Waals surface area contributed by atoms with Gasteiger partial charge in [0, 0.05) is 45.1 Å². The van der Waals surface area contributed by atoms with E-state index in [1.54, 1.807) is 24.3 Å². The van der Waals surface area contributed by atoms with Crippen LogP contribution in [0.5, 0.6) is 11.5 Å². The van der Waals surface area contributed by atoms with Crippen LogP contribution in [0.25, 0.3) is 11.1 Å². The number of carbonyl (C=O) groups excluding carboxylic acids is 1. The van der Waals surface area contributed by atoms with E-state index in [0.717, 1.165) is 72.8 Å². The first-order valence-electron chi connectivity index (χ1n) is 14.1. The number of methoxy groups -OCH3 is 1. The molecule has 5 rings (SSSR count). The third-order valence-electron chi connectivity index (χ3n) is 7.51. The molecule has 41 heavy (non-hydrogen) atoms. The van der Waals surface area contributed by atoms with E-state index in [4.69, 9.17) is 19.0 Å². The summed E-state index contributed by atoms with van der Waals surface area (Å²) in [5, 5.41) is 4.37. The Balaban J connectivity index is 1.27. The molecule has 0 N–H and O–H groups in total. The van der Waals surface area contributed by atoms with Crippen molar-refractivity contribution in [3.05, 3.63) is 77.4 Å². The number of ether oxygens (including phenoxy) is 3. The van der Waals surface area contributed by atoms with Crippen molar-refractivity contribution in [3.63, 3.8) is 0 Å². The fraction of sp³-hybridized carbons (Fsp3) is 0.406. The maximum absolute atomic E-state index is 13.6. The van der Waals surface area contributed by atoms with Gasteiger partial charge in [-0.1, -0.05) is 24.2 Å². The highest BCUT2D eigenvalue weighted by atomic mass is 19.1. The number of rotatable bonds is 10. The summed E-state index contributed by atoms with van der Waals surface area (Å²) in [5.41, 5.74) is 4.37. The summed E-state index contributed by atoms with van der Waals surface area (Å²) in [6, 6.07) is 14.1. The van der Waals surface area contributed by atoms with Crippen LogP contribution in [0.4, 0.5) is 4.39 Å². The van der Waals surface area contributed by atoms with Crippen molar-refractivity contribution >= 4 is 11.7 Å². The van der Waals surface area contributed by atoms with Crippen molar-refractivity contribution in [2.75, 3.05) is 33.4 Å². The largest absolute Gasteiger partial charge is 0.493 e. The fourth-order valence-corrected chi connectivity index (χ4v) is 5.34. The number of piperidine rings is 1. The predicted octanol–water partition coefficient (Wildman–Crippen LogP) is 6.02. The topological polar surface area (TPSA) is 82.5 Å². The Morgan fingerprint density at radius 2 is 1.78 bits per heavy atom. The fourth-order valence-electron chi connectivity index (χ4n) is 5.34. The number of aromatic nitrogens is 1. The van der Waals surface area contributed by atoms with E-state index in [-0.39, 0.29) is 11.4 Å². The molecule has 2 aliphatic heterocycles. The second kappa shape index (κ2) is 12.7. The number of oxime groups is 1. The van der Waals surface area contributed by atoms with Gasteiger partial charge < -0.3 is 19.0 Å². The van der Waals surface area contributed by atoms with Crippen LogP contribution in [0.3, 0.4) is 0 Å². The average Bonchev–Trinajstić information content (AvgIpc) is 3.41. The Labute approximate surface area is 240 Å². The van der Waals surface area contributed by atoms with Gasteiger partial charge in [-0.2, -0.15) is 0 Å². The van der Waals surface area contributed by atoms with Gasteiger partial charge in [-0.15, -0.1) is 0 Å². The monoisotopic (exact) mass is 561 g/mol. The summed E-state index contributed by atoms with van der Waals surface area (Å²) in [5.74, 6) is 0.786. The first-order valence-corrected chi connectivity index (χ1v) is 14.1. The summed E-state index contributed by atoms with van der Waals surface area (Å²) in [6.45, 7) is 7.57. The molecular formula is C32H36FN3O5. The van der Waals surface area contributed by atoms with Gasteiger partial charge in [0.25, 0.3) is 0 Å². The van der Waals surface area contributed by atoms with E-state index in [2.05, 4.69) is 34.1 Å². The third-order valence-corrected chi connectivity index (χ3v) is 7.51. The molecular weight excluding hydrogens is 525 g/mol. The zero-order valence-corrected chi connectivity index (χ0v) is 23.8. The van der Waals surface area contributed by atoms with Crippen LogP contribution in [0, 0.1) is 5.82 Å². The third kappa shape index (κ3) is 6.51. The molecule has 0 bridgehead atoms. The molecule has 8 nitrogen and oxygen atoms in total. The molecule has 0 amide bonds. The lowest BCUT2D eigenvalue weighted by Gasteiger charge is -2.37. The minimum atomic E-state index is -0.417.